The Morgan fingerprint density at radius 1 is 0.964 bits per heavy atom. The second-order valence-corrected chi connectivity index (χ2v) is 6.61. The maximum Gasteiger partial charge on any atom is 0.244 e. The lowest BCUT2D eigenvalue weighted by molar-refractivity contribution is -0.132. The van der Waals surface area contributed by atoms with Crippen molar-refractivity contribution in [3.8, 4) is 0 Å². The number of aromatic nitrogens is 3. The number of benzene rings is 3. The highest BCUT2D eigenvalue weighted by Gasteiger charge is 2.24. The molecule has 1 aromatic heterocycles. The summed E-state index contributed by atoms with van der Waals surface area (Å²) in [6.07, 6.45) is 0. The smallest absolute Gasteiger partial charge is 0.244 e. The number of carbonyl (C=O) groups is 1. The van der Waals surface area contributed by atoms with Crippen LogP contribution in [0.15, 0.2) is 78.9 Å². The lowest BCUT2D eigenvalue weighted by Gasteiger charge is -2.29. The van der Waals surface area contributed by atoms with E-state index in [1.54, 1.807) is 28.8 Å². The number of fused-ring (bicyclic) bond motifs is 1. The molecule has 3 aromatic carbocycles. The molecule has 0 radical (unpaired) electrons. The lowest BCUT2D eigenvalue weighted by atomic mass is 9.97. The number of nitrogens with zero attached hydrogens (tertiary/aromatic N) is 4. The second kappa shape index (κ2) is 7.60. The molecule has 1 unspecified atom stereocenters. The summed E-state index contributed by atoms with van der Waals surface area (Å²) in [7, 11) is 1.75. The van der Waals surface area contributed by atoms with Gasteiger partial charge in [-0.15, -0.1) is 5.10 Å². The predicted molar refractivity (Wildman–Crippen MR) is 105 cm³/mol. The van der Waals surface area contributed by atoms with E-state index in [9.17, 15) is 9.18 Å². The minimum Gasteiger partial charge on any atom is -0.333 e. The summed E-state index contributed by atoms with van der Waals surface area (Å²) in [5.74, 6) is -0.424. The van der Waals surface area contributed by atoms with Crippen LogP contribution < -0.4 is 0 Å². The third-order valence-electron chi connectivity index (χ3n) is 4.79. The first kappa shape index (κ1) is 17.9. The number of para-hydroxylation sites is 1. The van der Waals surface area contributed by atoms with E-state index in [0.29, 0.717) is 0 Å². The Labute approximate surface area is 162 Å². The van der Waals surface area contributed by atoms with Crippen molar-refractivity contribution in [3.05, 3.63) is 95.8 Å². The molecule has 4 rings (SSSR count). The van der Waals surface area contributed by atoms with Crippen LogP contribution in [0.2, 0.25) is 0 Å². The topological polar surface area (TPSA) is 51.0 Å². The Morgan fingerprint density at radius 2 is 1.61 bits per heavy atom. The summed E-state index contributed by atoms with van der Waals surface area (Å²) in [5, 5.41) is 8.21. The van der Waals surface area contributed by atoms with Crippen LogP contribution in [0.4, 0.5) is 4.39 Å². The highest BCUT2D eigenvalue weighted by atomic mass is 19.1. The Balaban J connectivity index is 1.65. The molecule has 140 valence electrons. The fraction of sp³-hybridized carbons (Fsp3) is 0.136. The Kier molecular flexibility index (Phi) is 4.85. The molecule has 0 saturated heterocycles. The van der Waals surface area contributed by atoms with E-state index in [1.807, 2.05) is 54.6 Å². The van der Waals surface area contributed by atoms with E-state index in [-0.39, 0.29) is 24.3 Å². The Bertz CT molecular complexity index is 1090. The van der Waals surface area contributed by atoms with Crippen molar-refractivity contribution in [1.29, 1.82) is 0 Å². The molecule has 0 N–H and O–H groups in total. The van der Waals surface area contributed by atoms with Gasteiger partial charge < -0.3 is 4.90 Å². The normalized spacial score (nSPS) is 12.1. The van der Waals surface area contributed by atoms with E-state index in [2.05, 4.69) is 10.3 Å². The molecule has 0 aliphatic carbocycles. The van der Waals surface area contributed by atoms with Gasteiger partial charge in [0.2, 0.25) is 5.91 Å². The van der Waals surface area contributed by atoms with E-state index in [4.69, 9.17) is 0 Å². The number of hydrogen-bond donors (Lipinski definition) is 0. The van der Waals surface area contributed by atoms with Crippen LogP contribution in [0, 0.1) is 5.82 Å². The number of halogens is 1. The number of likely N-dealkylation sites (N-methyl/N-ethyl adjacent to an activating group) is 1. The minimum atomic E-state index is -0.330. The van der Waals surface area contributed by atoms with Crippen LogP contribution in [0.1, 0.15) is 17.2 Å². The first-order valence-electron chi connectivity index (χ1n) is 8.98. The van der Waals surface area contributed by atoms with E-state index < -0.39 is 0 Å². The predicted octanol–water partition coefficient (Wildman–Crippen LogP) is 3.82. The van der Waals surface area contributed by atoms with Gasteiger partial charge in [0.05, 0.1) is 11.6 Å². The van der Waals surface area contributed by atoms with Gasteiger partial charge >= 0.3 is 0 Å². The molecule has 0 bridgehead atoms. The SMILES string of the molecule is CN(C(=O)Cn1nnc2ccccc21)C(c1ccccc1)c1ccc(F)cc1. The molecule has 0 fully saturated rings. The third kappa shape index (κ3) is 3.49. The van der Waals surface area contributed by atoms with Gasteiger partial charge in [-0.1, -0.05) is 59.8 Å². The van der Waals surface area contributed by atoms with Crippen molar-refractivity contribution >= 4 is 16.9 Å². The molecular formula is C22H19FN4O. The van der Waals surface area contributed by atoms with Gasteiger partial charge in [0.15, 0.2) is 0 Å². The number of hydrogen-bond acceptors (Lipinski definition) is 3. The van der Waals surface area contributed by atoms with Crippen molar-refractivity contribution in [1.82, 2.24) is 19.9 Å². The van der Waals surface area contributed by atoms with Crippen molar-refractivity contribution in [2.45, 2.75) is 12.6 Å². The number of rotatable bonds is 5. The van der Waals surface area contributed by atoms with E-state index in [0.717, 1.165) is 22.2 Å². The summed E-state index contributed by atoms with van der Waals surface area (Å²) in [4.78, 5) is 14.7. The second-order valence-electron chi connectivity index (χ2n) is 6.61. The molecule has 0 aliphatic rings. The van der Waals surface area contributed by atoms with Gasteiger partial charge in [-0.25, -0.2) is 9.07 Å². The van der Waals surface area contributed by atoms with Crippen molar-refractivity contribution in [3.63, 3.8) is 0 Å². The van der Waals surface area contributed by atoms with Crippen molar-refractivity contribution in [2.75, 3.05) is 7.05 Å². The van der Waals surface area contributed by atoms with Crippen molar-refractivity contribution in [2.24, 2.45) is 0 Å². The zero-order valence-corrected chi connectivity index (χ0v) is 15.4. The van der Waals surface area contributed by atoms with Crippen LogP contribution >= 0.6 is 0 Å². The average molecular weight is 374 g/mol. The van der Waals surface area contributed by atoms with Gasteiger partial charge in [0.25, 0.3) is 0 Å². The molecule has 0 aliphatic heterocycles. The minimum absolute atomic E-state index is 0.0710. The van der Waals surface area contributed by atoms with E-state index >= 15 is 0 Å². The maximum absolute atomic E-state index is 13.4. The molecule has 1 heterocycles. The first-order chi connectivity index (χ1) is 13.6. The molecule has 4 aromatic rings. The van der Waals surface area contributed by atoms with Crippen LogP contribution in [0.25, 0.3) is 11.0 Å². The zero-order chi connectivity index (χ0) is 19.5. The number of amides is 1. The highest BCUT2D eigenvalue weighted by Crippen LogP contribution is 2.28. The maximum atomic E-state index is 13.4. The van der Waals surface area contributed by atoms with Gasteiger partial charge in [-0.3, -0.25) is 4.79 Å². The standard InChI is InChI=1S/C22H19FN4O/c1-26(21(28)15-27-20-10-6-5-9-19(20)24-25-27)22(16-7-3-2-4-8-16)17-11-13-18(23)14-12-17/h2-14,22H,15H2,1H3. The van der Waals surface area contributed by atoms with Gasteiger partial charge in [-0.2, -0.15) is 0 Å². The largest absolute Gasteiger partial charge is 0.333 e. The van der Waals surface area contributed by atoms with Crippen LogP contribution in [0.3, 0.4) is 0 Å². The quantitative estimate of drug-likeness (QED) is 0.534. The average Bonchev–Trinajstić information content (AvgIpc) is 3.13. The summed E-state index contributed by atoms with van der Waals surface area (Å²) in [6, 6.07) is 23.1. The summed E-state index contributed by atoms with van der Waals surface area (Å²) in [5.41, 5.74) is 3.35. The monoisotopic (exact) mass is 374 g/mol. The third-order valence-corrected chi connectivity index (χ3v) is 4.79. The lowest BCUT2D eigenvalue weighted by Crippen LogP contribution is -2.34. The van der Waals surface area contributed by atoms with Gasteiger partial charge in [-0.05, 0) is 35.4 Å². The van der Waals surface area contributed by atoms with Gasteiger partial charge in [0.1, 0.15) is 17.9 Å². The molecule has 1 amide bonds. The Morgan fingerprint density at radius 3 is 2.36 bits per heavy atom. The summed E-state index contributed by atoms with van der Waals surface area (Å²) in [6.45, 7) is 0.0710. The fourth-order valence-electron chi connectivity index (χ4n) is 3.34. The molecule has 6 heteroatoms. The molecule has 28 heavy (non-hydrogen) atoms. The molecule has 0 spiro atoms. The van der Waals surface area contributed by atoms with Crippen molar-refractivity contribution < 1.29 is 9.18 Å². The van der Waals surface area contributed by atoms with Crippen LogP contribution in [-0.2, 0) is 11.3 Å². The first-order valence-corrected chi connectivity index (χ1v) is 8.98. The molecule has 0 saturated carbocycles. The highest BCUT2D eigenvalue weighted by molar-refractivity contribution is 5.80. The number of carbonyl (C=O) groups excluding carboxylic acids is 1. The van der Waals surface area contributed by atoms with Crippen LogP contribution in [-0.4, -0.2) is 32.8 Å². The van der Waals surface area contributed by atoms with Crippen LogP contribution in [0.5, 0.6) is 0 Å². The fourth-order valence-corrected chi connectivity index (χ4v) is 3.34. The molecule has 5 nitrogen and oxygen atoms in total. The summed E-state index contributed by atoms with van der Waals surface area (Å²) >= 11 is 0. The molecular weight excluding hydrogens is 355 g/mol. The zero-order valence-electron chi connectivity index (χ0n) is 15.4. The molecule has 1 atom stereocenters. The van der Waals surface area contributed by atoms with Gasteiger partial charge in [0, 0.05) is 7.05 Å². The van der Waals surface area contributed by atoms with E-state index in [1.165, 1.54) is 12.1 Å². The Hall–Kier alpha value is -3.54. The summed E-state index contributed by atoms with van der Waals surface area (Å²) < 4.78 is 15.0.